The number of halogens is 3. The van der Waals surface area contributed by atoms with Gasteiger partial charge in [0.25, 0.3) is 5.91 Å². The largest absolute Gasteiger partial charge is 0.484 e. The Labute approximate surface area is 236 Å². The van der Waals surface area contributed by atoms with E-state index in [1.54, 1.807) is 30.3 Å². The van der Waals surface area contributed by atoms with E-state index in [1.165, 1.54) is 4.90 Å². The fourth-order valence-electron chi connectivity index (χ4n) is 3.59. The standard InChI is InChI=1S/C28H29Cl2IN2O3/c1-19(2)16-32-28(35)26(15-20-7-4-3-5-8-20)33(17-23-24(29)9-6-10-25(23)30)27(34)18-36-22-13-11-21(31)12-14-22/h3-14,19,26H,15-18H2,1-2H3,(H,32,35). The maximum Gasteiger partial charge on any atom is 0.261 e. The summed E-state index contributed by atoms with van der Waals surface area (Å²) in [5.41, 5.74) is 1.52. The maximum atomic E-state index is 13.6. The molecule has 190 valence electrons. The Hall–Kier alpha value is -2.29. The lowest BCUT2D eigenvalue weighted by Crippen LogP contribution is -2.52. The number of benzene rings is 3. The zero-order chi connectivity index (χ0) is 26.1. The number of ether oxygens (including phenoxy) is 1. The van der Waals surface area contributed by atoms with E-state index < -0.39 is 6.04 Å². The second-order valence-corrected chi connectivity index (χ2v) is 10.9. The molecular weight excluding hydrogens is 610 g/mol. The van der Waals surface area contributed by atoms with Crippen molar-refractivity contribution < 1.29 is 14.3 Å². The van der Waals surface area contributed by atoms with Gasteiger partial charge in [0.15, 0.2) is 6.61 Å². The van der Waals surface area contributed by atoms with Gasteiger partial charge in [-0.3, -0.25) is 9.59 Å². The molecule has 1 atom stereocenters. The fourth-order valence-corrected chi connectivity index (χ4v) is 4.47. The van der Waals surface area contributed by atoms with Crippen LogP contribution in [-0.4, -0.2) is 35.9 Å². The first-order valence-electron chi connectivity index (χ1n) is 11.7. The van der Waals surface area contributed by atoms with Gasteiger partial charge in [-0.15, -0.1) is 0 Å². The second-order valence-electron chi connectivity index (χ2n) is 8.81. The third-order valence-electron chi connectivity index (χ3n) is 5.52. The number of hydrogen-bond acceptors (Lipinski definition) is 3. The molecule has 3 rings (SSSR count). The first kappa shape index (κ1) is 28.3. The van der Waals surface area contributed by atoms with Crippen LogP contribution in [0.3, 0.4) is 0 Å². The first-order chi connectivity index (χ1) is 17.2. The molecule has 0 aliphatic carbocycles. The number of hydrogen-bond donors (Lipinski definition) is 1. The Kier molecular flexibility index (Phi) is 10.9. The molecule has 8 heteroatoms. The Bertz CT molecular complexity index is 1140. The predicted molar refractivity (Wildman–Crippen MR) is 153 cm³/mol. The van der Waals surface area contributed by atoms with Crippen LogP contribution in [0.25, 0.3) is 0 Å². The molecule has 0 bridgehead atoms. The van der Waals surface area contributed by atoms with Crippen molar-refractivity contribution in [3.63, 3.8) is 0 Å². The van der Waals surface area contributed by atoms with E-state index in [-0.39, 0.29) is 30.9 Å². The monoisotopic (exact) mass is 638 g/mol. The van der Waals surface area contributed by atoms with Gasteiger partial charge in [0.05, 0.1) is 0 Å². The van der Waals surface area contributed by atoms with Crippen LogP contribution in [0.1, 0.15) is 25.0 Å². The Morgan fingerprint density at radius 2 is 1.58 bits per heavy atom. The lowest BCUT2D eigenvalue weighted by atomic mass is 10.0. The summed E-state index contributed by atoms with van der Waals surface area (Å²) in [6.07, 6.45) is 0.335. The van der Waals surface area contributed by atoms with Gasteiger partial charge in [-0.25, -0.2) is 0 Å². The topological polar surface area (TPSA) is 58.6 Å². The highest BCUT2D eigenvalue weighted by Gasteiger charge is 2.31. The van der Waals surface area contributed by atoms with E-state index in [1.807, 2.05) is 56.3 Å². The molecule has 0 spiro atoms. The van der Waals surface area contributed by atoms with Crippen molar-refractivity contribution in [2.45, 2.75) is 32.9 Å². The highest BCUT2D eigenvalue weighted by Crippen LogP contribution is 2.27. The smallest absolute Gasteiger partial charge is 0.261 e. The van der Waals surface area contributed by atoms with Crippen molar-refractivity contribution in [3.05, 3.63) is 97.5 Å². The van der Waals surface area contributed by atoms with Crippen LogP contribution in [0.15, 0.2) is 72.8 Å². The number of nitrogens with one attached hydrogen (secondary N) is 1. The zero-order valence-electron chi connectivity index (χ0n) is 20.2. The van der Waals surface area contributed by atoms with Crippen LogP contribution in [0, 0.1) is 9.49 Å². The van der Waals surface area contributed by atoms with E-state index in [2.05, 4.69) is 27.9 Å². The summed E-state index contributed by atoms with van der Waals surface area (Å²) in [5.74, 6) is 0.254. The SMILES string of the molecule is CC(C)CNC(=O)C(Cc1ccccc1)N(Cc1c(Cl)cccc1Cl)C(=O)COc1ccc(I)cc1. The predicted octanol–water partition coefficient (Wildman–Crippen LogP) is 6.39. The van der Waals surface area contributed by atoms with Crippen molar-refractivity contribution in [1.82, 2.24) is 10.2 Å². The fraction of sp³-hybridized carbons (Fsp3) is 0.286. The molecule has 36 heavy (non-hydrogen) atoms. The molecule has 0 saturated heterocycles. The minimum absolute atomic E-state index is 0.0694. The summed E-state index contributed by atoms with van der Waals surface area (Å²) >= 11 is 15.1. The lowest BCUT2D eigenvalue weighted by molar-refractivity contribution is -0.142. The van der Waals surface area contributed by atoms with E-state index >= 15 is 0 Å². The third-order valence-corrected chi connectivity index (χ3v) is 6.95. The van der Waals surface area contributed by atoms with Gasteiger partial charge in [-0.2, -0.15) is 0 Å². The highest BCUT2D eigenvalue weighted by atomic mass is 127. The lowest BCUT2D eigenvalue weighted by Gasteiger charge is -2.32. The molecule has 0 saturated carbocycles. The van der Waals surface area contributed by atoms with Crippen molar-refractivity contribution in [3.8, 4) is 5.75 Å². The first-order valence-corrected chi connectivity index (χ1v) is 13.5. The summed E-state index contributed by atoms with van der Waals surface area (Å²) < 4.78 is 6.85. The molecule has 0 aromatic heterocycles. The summed E-state index contributed by atoms with van der Waals surface area (Å²) in [6.45, 7) is 4.38. The molecule has 0 aliphatic heterocycles. The van der Waals surface area contributed by atoms with E-state index in [9.17, 15) is 9.59 Å². The van der Waals surface area contributed by atoms with Gasteiger partial charge in [-0.05, 0) is 70.5 Å². The molecule has 1 N–H and O–H groups in total. The molecule has 2 amide bonds. The van der Waals surface area contributed by atoms with Gasteiger partial charge in [0, 0.05) is 38.7 Å². The van der Waals surface area contributed by atoms with Gasteiger partial charge in [0.1, 0.15) is 11.8 Å². The summed E-state index contributed by atoms with van der Waals surface area (Å²) in [6, 6.07) is 21.4. The number of nitrogens with zero attached hydrogens (tertiary/aromatic N) is 1. The van der Waals surface area contributed by atoms with Gasteiger partial charge < -0.3 is 15.0 Å². The molecule has 1 unspecified atom stereocenters. The minimum atomic E-state index is -0.786. The average molecular weight is 639 g/mol. The summed E-state index contributed by atoms with van der Waals surface area (Å²) in [7, 11) is 0. The molecular formula is C28H29Cl2IN2O3. The normalized spacial score (nSPS) is 11.7. The molecule has 5 nitrogen and oxygen atoms in total. The maximum absolute atomic E-state index is 13.6. The van der Waals surface area contributed by atoms with Crippen LogP contribution in [0.2, 0.25) is 10.0 Å². The van der Waals surface area contributed by atoms with Crippen molar-refractivity contribution in [2.24, 2.45) is 5.92 Å². The molecule has 0 aliphatic rings. The van der Waals surface area contributed by atoms with E-state index in [0.29, 0.717) is 34.3 Å². The van der Waals surface area contributed by atoms with Gasteiger partial charge >= 0.3 is 0 Å². The number of carbonyl (C=O) groups is 2. The number of carbonyl (C=O) groups excluding carboxylic acids is 2. The number of amides is 2. The van der Waals surface area contributed by atoms with Gasteiger partial charge in [-0.1, -0.05) is 73.4 Å². The quantitative estimate of drug-likeness (QED) is 0.248. The van der Waals surface area contributed by atoms with E-state index in [0.717, 1.165) is 9.13 Å². The summed E-state index contributed by atoms with van der Waals surface area (Å²) in [5, 5.41) is 3.85. The van der Waals surface area contributed by atoms with Gasteiger partial charge in [0.2, 0.25) is 5.91 Å². The minimum Gasteiger partial charge on any atom is -0.484 e. The third kappa shape index (κ3) is 8.39. The zero-order valence-corrected chi connectivity index (χ0v) is 23.9. The van der Waals surface area contributed by atoms with Crippen molar-refractivity contribution >= 4 is 57.6 Å². The van der Waals surface area contributed by atoms with Crippen LogP contribution in [-0.2, 0) is 22.6 Å². The Balaban J connectivity index is 1.94. The van der Waals surface area contributed by atoms with E-state index in [4.69, 9.17) is 27.9 Å². The van der Waals surface area contributed by atoms with Crippen molar-refractivity contribution in [2.75, 3.05) is 13.2 Å². The van der Waals surface area contributed by atoms with Crippen molar-refractivity contribution in [1.29, 1.82) is 0 Å². The second kappa shape index (κ2) is 13.9. The molecule has 0 heterocycles. The van der Waals surface area contributed by atoms with Crippen LogP contribution in [0.5, 0.6) is 5.75 Å². The van der Waals surface area contributed by atoms with Crippen LogP contribution in [0.4, 0.5) is 0 Å². The highest BCUT2D eigenvalue weighted by molar-refractivity contribution is 14.1. The average Bonchev–Trinajstić information content (AvgIpc) is 2.86. The molecule has 3 aromatic carbocycles. The Morgan fingerprint density at radius 3 is 2.19 bits per heavy atom. The molecule has 0 radical (unpaired) electrons. The van der Waals surface area contributed by atoms with Crippen LogP contribution >= 0.6 is 45.8 Å². The molecule has 0 fully saturated rings. The summed E-state index contributed by atoms with van der Waals surface area (Å²) in [4.78, 5) is 28.6. The number of rotatable bonds is 11. The van der Waals surface area contributed by atoms with Crippen LogP contribution < -0.4 is 10.1 Å². The molecule has 3 aromatic rings. The Morgan fingerprint density at radius 1 is 0.944 bits per heavy atom.